The molecule has 6 heavy (non-hydrogen) atoms. The van der Waals surface area contributed by atoms with Crippen LogP contribution >= 0.6 is 0 Å². The number of nitrogens with zero attached hydrogens (tertiary/aromatic N) is 1. The van der Waals surface area contributed by atoms with Crippen LogP contribution in [0.3, 0.4) is 0 Å². The molecule has 2 heteroatoms. The zero-order valence-corrected chi connectivity index (χ0v) is 5.02. The highest BCUT2D eigenvalue weighted by Gasteiger charge is 1.90. The van der Waals surface area contributed by atoms with E-state index < -0.39 is 0 Å². The molecule has 0 radical (unpaired) electrons. The molecule has 0 saturated carbocycles. The summed E-state index contributed by atoms with van der Waals surface area (Å²) in [7, 11) is 6.31. The van der Waals surface area contributed by atoms with E-state index in [1.807, 2.05) is 0 Å². The second kappa shape index (κ2) is 2.24. The molecule has 0 aliphatic carbocycles. The lowest BCUT2D eigenvalue weighted by Gasteiger charge is -2.12. The van der Waals surface area contributed by atoms with Gasteiger partial charge in [0, 0.05) is 0 Å². The molecule has 0 aromatic rings. The number of hydrogen-bond donors (Lipinski definition) is 0. The maximum absolute atomic E-state index is 2.17. The summed E-state index contributed by atoms with van der Waals surface area (Å²) in [5.41, 5.74) is 0. The van der Waals surface area contributed by atoms with Crippen molar-refractivity contribution in [3.8, 4) is 0 Å². The van der Waals surface area contributed by atoms with Crippen LogP contribution < -0.4 is 0 Å². The van der Waals surface area contributed by atoms with Crippen molar-refractivity contribution in [3.63, 3.8) is 0 Å². The molecule has 0 N–H and O–H groups in total. The summed E-state index contributed by atoms with van der Waals surface area (Å²) in [6.07, 6.45) is 0. The molecule has 0 aliphatic heterocycles. The van der Waals surface area contributed by atoms with Crippen molar-refractivity contribution in [2.24, 2.45) is 0 Å². The molecule has 0 amide bonds. The van der Waals surface area contributed by atoms with Gasteiger partial charge in [-0.1, -0.05) is 6.92 Å². The van der Waals surface area contributed by atoms with Gasteiger partial charge in [0.15, 0.2) is 0 Å². The molecule has 0 aromatic carbocycles. The van der Waals surface area contributed by atoms with Crippen LogP contribution in [0.4, 0.5) is 0 Å². The van der Waals surface area contributed by atoms with Crippen molar-refractivity contribution in [3.05, 3.63) is 0 Å². The van der Waals surface area contributed by atoms with E-state index in [0.29, 0.717) is 5.94 Å². The molecule has 0 bridgehead atoms. The molecule has 1 nitrogen and oxygen atoms in total. The van der Waals surface area contributed by atoms with Gasteiger partial charge in [-0.15, -0.1) is 0 Å². The number of rotatable bonds is 1. The van der Waals surface area contributed by atoms with Gasteiger partial charge in [0.2, 0.25) is 0 Å². The fraction of sp³-hybridized carbons (Fsp3) is 1.00. The third-order valence-corrected chi connectivity index (χ3v) is 1.03. The molecule has 0 saturated heterocycles. The average molecular weight is 85.0 g/mol. The van der Waals surface area contributed by atoms with E-state index in [-0.39, 0.29) is 0 Å². The van der Waals surface area contributed by atoms with Crippen LogP contribution in [0.1, 0.15) is 6.92 Å². The largest absolute Gasteiger partial charge is 0.315 e. The van der Waals surface area contributed by atoms with Crippen molar-refractivity contribution < 1.29 is 0 Å². The van der Waals surface area contributed by atoms with E-state index in [2.05, 4.69) is 33.8 Å². The van der Waals surface area contributed by atoms with Crippen LogP contribution in [0.15, 0.2) is 0 Å². The predicted molar refractivity (Wildman–Crippen MR) is 31.7 cm³/mol. The maximum Gasteiger partial charge on any atom is 0.123 e. The lowest BCUT2D eigenvalue weighted by Crippen LogP contribution is -2.23. The zero-order chi connectivity index (χ0) is 5.15. The van der Waals surface area contributed by atoms with E-state index in [9.17, 15) is 0 Å². The van der Waals surface area contributed by atoms with Crippen LogP contribution in [0.2, 0.25) is 0 Å². The Morgan fingerprint density at radius 2 is 1.67 bits per heavy atom. The van der Waals surface area contributed by atoms with E-state index in [0.717, 1.165) is 0 Å². The molecule has 1 atom stereocenters. The van der Waals surface area contributed by atoms with Crippen molar-refractivity contribution in [1.29, 1.82) is 0 Å². The zero-order valence-electron chi connectivity index (χ0n) is 5.02. The third-order valence-electron chi connectivity index (χ3n) is 1.03. The Morgan fingerprint density at radius 3 is 1.67 bits per heavy atom. The highest BCUT2D eigenvalue weighted by Crippen LogP contribution is 1.78. The topological polar surface area (TPSA) is 3.24 Å². The highest BCUT2D eigenvalue weighted by atomic mass is 15.1. The van der Waals surface area contributed by atoms with Crippen molar-refractivity contribution in [2.45, 2.75) is 12.9 Å². The summed E-state index contributed by atoms with van der Waals surface area (Å²) in [4.78, 5) is 2.17. The summed E-state index contributed by atoms with van der Waals surface area (Å²) >= 11 is 0. The van der Waals surface area contributed by atoms with Crippen LogP contribution in [-0.4, -0.2) is 32.8 Å². The maximum atomic E-state index is 2.17. The highest BCUT2D eigenvalue weighted by molar-refractivity contribution is 6.11. The normalized spacial score (nSPS) is 15.3. The average Bonchev–Trinajstić information content (AvgIpc) is 1.36. The summed E-state index contributed by atoms with van der Waals surface area (Å²) in [5.74, 6) is 0.685. The van der Waals surface area contributed by atoms with Gasteiger partial charge >= 0.3 is 0 Å². The Balaban J connectivity index is 2.99. The van der Waals surface area contributed by atoms with Crippen LogP contribution in [0.25, 0.3) is 0 Å². The minimum absolute atomic E-state index is 0.685. The molecule has 0 heterocycles. The molecule has 0 aliphatic rings. The molecule has 1 unspecified atom stereocenters. The minimum Gasteiger partial charge on any atom is -0.315 e. The monoisotopic (exact) mass is 85.1 g/mol. The Kier molecular flexibility index (Phi) is 2.25. The smallest absolute Gasteiger partial charge is 0.123 e. The van der Waals surface area contributed by atoms with Crippen molar-refractivity contribution in [1.82, 2.24) is 4.90 Å². The van der Waals surface area contributed by atoms with E-state index in [1.54, 1.807) is 0 Å². The van der Waals surface area contributed by atoms with Gasteiger partial charge in [0.25, 0.3) is 0 Å². The number of hydrogen-bond acceptors (Lipinski definition) is 1. The summed E-state index contributed by atoms with van der Waals surface area (Å²) in [6, 6.07) is 0. The Morgan fingerprint density at radius 1 is 1.50 bits per heavy atom. The first-order valence-corrected chi connectivity index (χ1v) is 2.31. The lowest BCUT2D eigenvalue weighted by atomic mass is 9.98. The first-order valence-electron chi connectivity index (χ1n) is 2.31. The lowest BCUT2D eigenvalue weighted by molar-refractivity contribution is 0.395. The predicted octanol–water partition coefficient (Wildman–Crippen LogP) is -0.473. The first-order chi connectivity index (χ1) is 2.64. The summed E-state index contributed by atoms with van der Waals surface area (Å²) in [6.45, 7) is 2.17. The summed E-state index contributed by atoms with van der Waals surface area (Å²) < 4.78 is 0. The van der Waals surface area contributed by atoms with Gasteiger partial charge in [0.1, 0.15) is 7.85 Å². The fourth-order valence-electron chi connectivity index (χ4n) is 0. The van der Waals surface area contributed by atoms with E-state index in [1.165, 1.54) is 0 Å². The standard InChI is InChI=1S/C4H12BN/c1-4(5)6(2)3/h4H,5H2,1-3H3. The molecule has 36 valence electrons. The van der Waals surface area contributed by atoms with Crippen molar-refractivity contribution in [2.75, 3.05) is 14.1 Å². The molecule has 0 aromatic heterocycles. The molecule has 0 rings (SSSR count). The van der Waals surface area contributed by atoms with Crippen molar-refractivity contribution >= 4 is 7.85 Å². The van der Waals surface area contributed by atoms with E-state index >= 15 is 0 Å². The van der Waals surface area contributed by atoms with Gasteiger partial charge in [-0.05, 0) is 20.0 Å². The second-order valence-corrected chi connectivity index (χ2v) is 2.06. The summed E-state index contributed by atoms with van der Waals surface area (Å²) in [5, 5.41) is 0. The van der Waals surface area contributed by atoms with Gasteiger partial charge in [-0.2, -0.15) is 0 Å². The minimum atomic E-state index is 0.685. The van der Waals surface area contributed by atoms with Gasteiger partial charge < -0.3 is 4.90 Å². The molecular weight excluding hydrogens is 72.9 g/mol. The first kappa shape index (κ1) is 6.02. The van der Waals surface area contributed by atoms with Crippen LogP contribution in [0.5, 0.6) is 0 Å². The second-order valence-electron chi connectivity index (χ2n) is 2.06. The van der Waals surface area contributed by atoms with Crippen LogP contribution in [-0.2, 0) is 0 Å². The van der Waals surface area contributed by atoms with Gasteiger partial charge in [-0.3, -0.25) is 0 Å². The quantitative estimate of drug-likeness (QED) is 0.389. The molecular formula is C4H12BN. The fourth-order valence-corrected chi connectivity index (χ4v) is 0. The SMILES string of the molecule is BC(C)N(C)C. The van der Waals surface area contributed by atoms with Gasteiger partial charge in [0.05, 0.1) is 0 Å². The Hall–Kier alpha value is 0.0249. The molecule has 0 fully saturated rings. The van der Waals surface area contributed by atoms with E-state index in [4.69, 9.17) is 0 Å². The molecule has 0 spiro atoms. The Bertz CT molecular complexity index is 28.5. The van der Waals surface area contributed by atoms with Gasteiger partial charge in [-0.25, -0.2) is 0 Å². The van der Waals surface area contributed by atoms with Crippen LogP contribution in [0, 0.1) is 0 Å². The third kappa shape index (κ3) is 2.27. The Labute approximate surface area is 40.7 Å².